The summed E-state index contributed by atoms with van der Waals surface area (Å²) in [4.78, 5) is 0. The average molecular weight is 195 g/mol. The van der Waals surface area contributed by atoms with Crippen LogP contribution < -0.4 is 5.32 Å². The first kappa shape index (κ1) is 9.68. The van der Waals surface area contributed by atoms with Crippen LogP contribution in [0.5, 0.6) is 0 Å². The largest absolute Gasteiger partial charge is 0.384 e. The van der Waals surface area contributed by atoms with E-state index in [2.05, 4.69) is 23.5 Å². The van der Waals surface area contributed by atoms with E-state index in [1.54, 1.807) is 7.11 Å². The quantitative estimate of drug-likeness (QED) is 0.773. The Kier molecular flexibility index (Phi) is 2.84. The number of hydrogen-bond acceptors (Lipinski definition) is 3. The summed E-state index contributed by atoms with van der Waals surface area (Å²) in [6.45, 7) is 5.71. The summed E-state index contributed by atoms with van der Waals surface area (Å²) < 4.78 is 7.20. The topological polar surface area (TPSA) is 39.1 Å². The van der Waals surface area contributed by atoms with Crippen molar-refractivity contribution in [3.63, 3.8) is 0 Å². The van der Waals surface area contributed by atoms with Gasteiger partial charge < -0.3 is 10.1 Å². The molecule has 1 N–H and O–H groups in total. The average Bonchev–Trinajstić information content (AvgIpc) is 2.62. The molecular formula is C10H17N3O. The Morgan fingerprint density at radius 3 is 3.29 bits per heavy atom. The molecule has 78 valence electrons. The van der Waals surface area contributed by atoms with Crippen LogP contribution in [0.1, 0.15) is 24.1 Å². The van der Waals surface area contributed by atoms with Gasteiger partial charge in [0.15, 0.2) is 0 Å². The number of hydrogen-bond donors (Lipinski definition) is 1. The number of fused-ring (bicyclic) bond motifs is 1. The Morgan fingerprint density at radius 1 is 1.71 bits per heavy atom. The molecule has 1 aliphatic heterocycles. The van der Waals surface area contributed by atoms with Gasteiger partial charge in [-0.25, -0.2) is 0 Å². The molecule has 1 atom stereocenters. The summed E-state index contributed by atoms with van der Waals surface area (Å²) >= 11 is 0. The molecular weight excluding hydrogens is 178 g/mol. The number of ether oxygens (including phenoxy) is 1. The van der Waals surface area contributed by atoms with Crippen LogP contribution in [0.3, 0.4) is 0 Å². The summed E-state index contributed by atoms with van der Waals surface area (Å²) in [6, 6.07) is 0. The highest BCUT2D eigenvalue weighted by Crippen LogP contribution is 2.22. The molecule has 0 radical (unpaired) electrons. The number of methoxy groups -OCH3 is 1. The maximum atomic E-state index is 5.20. The minimum Gasteiger partial charge on any atom is -0.384 e. The van der Waals surface area contributed by atoms with Crippen molar-refractivity contribution in [2.24, 2.45) is 0 Å². The molecule has 4 nitrogen and oxygen atoms in total. The first-order valence-corrected chi connectivity index (χ1v) is 5.11. The van der Waals surface area contributed by atoms with Crippen LogP contribution in [0.4, 0.5) is 0 Å². The van der Waals surface area contributed by atoms with Gasteiger partial charge in [0.05, 0.1) is 12.3 Å². The molecule has 1 aliphatic rings. The number of nitrogens with zero attached hydrogens (tertiary/aromatic N) is 2. The summed E-state index contributed by atoms with van der Waals surface area (Å²) in [7, 11) is 1.75. The fourth-order valence-corrected chi connectivity index (χ4v) is 1.94. The van der Waals surface area contributed by atoms with E-state index in [-0.39, 0.29) is 0 Å². The van der Waals surface area contributed by atoms with Gasteiger partial charge in [-0.15, -0.1) is 0 Å². The normalized spacial score (nSPS) is 20.9. The zero-order chi connectivity index (χ0) is 9.97. The van der Waals surface area contributed by atoms with Crippen molar-refractivity contribution in [1.29, 1.82) is 0 Å². The molecule has 2 rings (SSSR count). The summed E-state index contributed by atoms with van der Waals surface area (Å²) in [6.07, 6.45) is 2.15. The van der Waals surface area contributed by atoms with Crippen LogP contribution in [0, 0.1) is 0 Å². The number of nitrogens with one attached hydrogen (secondary N) is 1. The van der Waals surface area contributed by atoms with Gasteiger partial charge in [0, 0.05) is 44.4 Å². The van der Waals surface area contributed by atoms with E-state index in [1.807, 2.05) is 4.68 Å². The Bertz CT molecular complexity index is 308. The lowest BCUT2D eigenvalue weighted by atomic mass is 9.97. The van der Waals surface area contributed by atoms with Gasteiger partial charge in [-0.05, 0) is 6.92 Å². The van der Waals surface area contributed by atoms with Crippen LogP contribution in [0.25, 0.3) is 0 Å². The lowest BCUT2D eigenvalue weighted by Gasteiger charge is -2.21. The predicted molar refractivity (Wildman–Crippen MR) is 54.2 cm³/mol. The standard InChI is InChI=1S/C10H17N3O/c1-3-13-6-9-8(7-14-2)4-11-5-10(9)12-13/h6,8,11H,3-5,7H2,1-2H3. The zero-order valence-corrected chi connectivity index (χ0v) is 8.79. The molecule has 0 saturated heterocycles. The predicted octanol–water partition coefficient (Wildman–Crippen LogP) is 0.736. The molecule has 0 saturated carbocycles. The number of aromatic nitrogens is 2. The molecule has 0 spiro atoms. The number of aryl methyl sites for hydroxylation is 1. The minimum absolute atomic E-state index is 0.462. The maximum Gasteiger partial charge on any atom is 0.0798 e. The molecule has 0 aliphatic carbocycles. The van der Waals surface area contributed by atoms with Gasteiger partial charge in [-0.3, -0.25) is 4.68 Å². The molecule has 4 heteroatoms. The second-order valence-electron chi connectivity index (χ2n) is 3.67. The third-order valence-electron chi connectivity index (χ3n) is 2.69. The number of rotatable bonds is 3. The third-order valence-corrected chi connectivity index (χ3v) is 2.69. The van der Waals surface area contributed by atoms with Crippen LogP contribution in [-0.2, 0) is 17.8 Å². The maximum absolute atomic E-state index is 5.20. The van der Waals surface area contributed by atoms with Crippen LogP contribution in [0.2, 0.25) is 0 Å². The highest BCUT2D eigenvalue weighted by molar-refractivity contribution is 5.25. The second-order valence-corrected chi connectivity index (χ2v) is 3.67. The molecule has 0 amide bonds. The van der Waals surface area contributed by atoms with Crippen LogP contribution in [0.15, 0.2) is 6.20 Å². The minimum atomic E-state index is 0.462. The van der Waals surface area contributed by atoms with Crippen molar-refractivity contribution >= 4 is 0 Å². The van der Waals surface area contributed by atoms with E-state index in [0.29, 0.717) is 5.92 Å². The van der Waals surface area contributed by atoms with Crippen LogP contribution in [-0.4, -0.2) is 30.0 Å². The smallest absolute Gasteiger partial charge is 0.0798 e. The third kappa shape index (κ3) is 1.67. The van der Waals surface area contributed by atoms with Crippen molar-refractivity contribution in [3.8, 4) is 0 Å². The first-order chi connectivity index (χ1) is 6.85. The molecule has 1 aromatic heterocycles. The van der Waals surface area contributed by atoms with Gasteiger partial charge in [-0.1, -0.05) is 0 Å². The molecule has 1 unspecified atom stereocenters. The fraction of sp³-hybridized carbons (Fsp3) is 0.700. The van der Waals surface area contributed by atoms with Gasteiger partial charge >= 0.3 is 0 Å². The van der Waals surface area contributed by atoms with Crippen molar-refractivity contribution in [2.45, 2.75) is 25.9 Å². The van der Waals surface area contributed by atoms with Crippen molar-refractivity contribution < 1.29 is 4.74 Å². The molecule has 2 heterocycles. The van der Waals surface area contributed by atoms with Gasteiger partial charge in [0.2, 0.25) is 0 Å². The van der Waals surface area contributed by atoms with E-state index < -0.39 is 0 Å². The van der Waals surface area contributed by atoms with E-state index >= 15 is 0 Å². The zero-order valence-electron chi connectivity index (χ0n) is 8.79. The molecule has 0 aromatic carbocycles. The Morgan fingerprint density at radius 2 is 2.57 bits per heavy atom. The van der Waals surface area contributed by atoms with Crippen molar-refractivity contribution in [2.75, 3.05) is 20.3 Å². The highest BCUT2D eigenvalue weighted by Gasteiger charge is 2.22. The van der Waals surface area contributed by atoms with E-state index in [4.69, 9.17) is 4.74 Å². The Hall–Kier alpha value is -0.870. The Balaban J connectivity index is 2.24. The van der Waals surface area contributed by atoms with E-state index in [1.165, 1.54) is 11.3 Å². The van der Waals surface area contributed by atoms with E-state index in [9.17, 15) is 0 Å². The van der Waals surface area contributed by atoms with Gasteiger partial charge in [0.1, 0.15) is 0 Å². The van der Waals surface area contributed by atoms with E-state index in [0.717, 1.165) is 26.2 Å². The SMILES string of the molecule is CCn1cc2c(n1)CNCC2COC. The summed E-state index contributed by atoms with van der Waals surface area (Å²) in [5, 5.41) is 7.86. The molecule has 0 bridgehead atoms. The molecule has 14 heavy (non-hydrogen) atoms. The van der Waals surface area contributed by atoms with Crippen LogP contribution >= 0.6 is 0 Å². The lowest BCUT2D eigenvalue weighted by molar-refractivity contribution is 0.175. The van der Waals surface area contributed by atoms with Gasteiger partial charge in [0.25, 0.3) is 0 Å². The van der Waals surface area contributed by atoms with Crippen molar-refractivity contribution in [1.82, 2.24) is 15.1 Å². The fourth-order valence-electron chi connectivity index (χ4n) is 1.94. The summed E-state index contributed by atoms with van der Waals surface area (Å²) in [5.41, 5.74) is 2.53. The van der Waals surface area contributed by atoms with Gasteiger partial charge in [-0.2, -0.15) is 5.10 Å². The summed E-state index contributed by atoms with van der Waals surface area (Å²) in [5.74, 6) is 0.462. The Labute approximate surface area is 84.3 Å². The monoisotopic (exact) mass is 195 g/mol. The molecule has 0 fully saturated rings. The highest BCUT2D eigenvalue weighted by atomic mass is 16.5. The first-order valence-electron chi connectivity index (χ1n) is 5.11. The lowest BCUT2D eigenvalue weighted by Crippen LogP contribution is -2.29. The second kappa shape index (κ2) is 4.11. The molecule has 1 aromatic rings. The van der Waals surface area contributed by atoms with Crippen molar-refractivity contribution in [3.05, 3.63) is 17.5 Å².